The van der Waals surface area contributed by atoms with E-state index in [4.69, 9.17) is 14.9 Å². The molecule has 1 atom stereocenters. The molecule has 0 radical (unpaired) electrons. The van der Waals surface area contributed by atoms with Crippen molar-refractivity contribution in [3.63, 3.8) is 0 Å². The molecule has 2 aromatic carbocycles. The van der Waals surface area contributed by atoms with Crippen molar-refractivity contribution in [1.82, 2.24) is 9.78 Å². The molecule has 0 bridgehead atoms. The van der Waals surface area contributed by atoms with Gasteiger partial charge in [-0.05, 0) is 74.1 Å². The zero-order chi connectivity index (χ0) is 25.5. The molecule has 1 N–H and O–H groups in total. The van der Waals surface area contributed by atoms with Crippen LogP contribution in [0.3, 0.4) is 0 Å². The van der Waals surface area contributed by atoms with Gasteiger partial charge in [0.15, 0.2) is 6.29 Å². The van der Waals surface area contributed by atoms with Crippen LogP contribution in [-0.4, -0.2) is 40.5 Å². The Kier molecular flexibility index (Phi) is 9.05. The highest BCUT2D eigenvalue weighted by atomic mass is 19.1. The lowest BCUT2D eigenvalue weighted by Gasteiger charge is -2.29. The average molecular weight is 493 g/mol. The summed E-state index contributed by atoms with van der Waals surface area (Å²) in [7, 11) is 0. The van der Waals surface area contributed by atoms with Crippen molar-refractivity contribution in [2.24, 2.45) is 11.8 Å². The maximum Gasteiger partial charge on any atom is 0.151 e. The maximum atomic E-state index is 15.3. The van der Waals surface area contributed by atoms with E-state index < -0.39 is 6.10 Å². The van der Waals surface area contributed by atoms with Crippen molar-refractivity contribution < 1.29 is 19.0 Å². The number of aliphatic hydroxyl groups excluding tert-OH is 1. The quantitative estimate of drug-likeness (QED) is 0.334. The largest absolute Gasteiger partial charge is 0.393 e. The number of aldehydes is 1. The maximum absolute atomic E-state index is 15.3. The van der Waals surface area contributed by atoms with E-state index in [0.717, 1.165) is 73.1 Å². The van der Waals surface area contributed by atoms with Crippen molar-refractivity contribution >= 4 is 6.29 Å². The fourth-order valence-corrected chi connectivity index (χ4v) is 5.27. The predicted octanol–water partition coefficient (Wildman–Crippen LogP) is 6.00. The lowest BCUT2D eigenvalue weighted by molar-refractivity contribution is -0.121. The molecule has 6 heteroatoms. The first-order valence-corrected chi connectivity index (χ1v) is 13.1. The van der Waals surface area contributed by atoms with Gasteiger partial charge >= 0.3 is 0 Å². The summed E-state index contributed by atoms with van der Waals surface area (Å²) in [4.78, 5) is 10.9. The third-order valence-corrected chi connectivity index (χ3v) is 7.23. The third kappa shape index (κ3) is 6.11. The van der Waals surface area contributed by atoms with Gasteiger partial charge in [-0.1, -0.05) is 49.7 Å². The lowest BCUT2D eigenvalue weighted by Crippen LogP contribution is -2.26. The summed E-state index contributed by atoms with van der Waals surface area (Å²) < 4.78 is 23.0. The predicted molar refractivity (Wildman–Crippen MR) is 140 cm³/mol. The average Bonchev–Trinajstić information content (AvgIpc) is 3.23. The van der Waals surface area contributed by atoms with E-state index in [2.05, 4.69) is 23.7 Å². The number of nitrogens with zero attached hydrogens (tertiary/aromatic N) is 2. The van der Waals surface area contributed by atoms with E-state index in [1.165, 1.54) is 0 Å². The Morgan fingerprint density at radius 3 is 2.50 bits per heavy atom. The van der Waals surface area contributed by atoms with Gasteiger partial charge < -0.3 is 14.6 Å². The Bertz CT molecular complexity index is 1140. The molecule has 1 unspecified atom stereocenters. The highest BCUT2D eigenvalue weighted by Gasteiger charge is 2.27. The molecule has 1 aromatic heterocycles. The van der Waals surface area contributed by atoms with Crippen LogP contribution in [0.2, 0.25) is 0 Å². The Hall–Kier alpha value is -2.83. The first-order chi connectivity index (χ1) is 17.5. The molecule has 1 heterocycles. The fourth-order valence-electron chi connectivity index (χ4n) is 5.27. The molecule has 36 heavy (non-hydrogen) atoms. The van der Waals surface area contributed by atoms with E-state index in [9.17, 15) is 4.79 Å². The van der Waals surface area contributed by atoms with E-state index in [0.29, 0.717) is 30.3 Å². The summed E-state index contributed by atoms with van der Waals surface area (Å²) in [5.41, 5.74) is 5.48. The Morgan fingerprint density at radius 2 is 1.86 bits per heavy atom. The van der Waals surface area contributed by atoms with Gasteiger partial charge in [-0.25, -0.2) is 4.39 Å². The van der Waals surface area contributed by atoms with Crippen molar-refractivity contribution in [3.8, 4) is 22.4 Å². The second-order valence-corrected chi connectivity index (χ2v) is 10.0. The minimum Gasteiger partial charge on any atom is -0.393 e. The van der Waals surface area contributed by atoms with Gasteiger partial charge in [-0.3, -0.25) is 4.68 Å². The second-order valence-electron chi connectivity index (χ2n) is 10.0. The van der Waals surface area contributed by atoms with Crippen LogP contribution in [0.15, 0.2) is 48.5 Å². The standard InChI is InChI=1S/C30H37FN2O3/c1-3-7-28-29(24-8-5-4-6-9-24)30(26-15-10-21(2)16-27(26)31)33(32-28)17-22-11-13-23(14-12-22)20-36-25(18-34)19-35/h4-6,8-10,15-16,18,22-23,25,35H,3,7,11-14,17,19-20H2,1-2H3/t22-,23+,25?. The SMILES string of the molecule is CCCc1nn(C[C@H]2CC[C@@H](COC(C=O)CO)CC2)c(-c2ccc(C)cc2F)c1-c1ccccc1. The summed E-state index contributed by atoms with van der Waals surface area (Å²) in [6, 6.07) is 15.7. The van der Waals surface area contributed by atoms with Gasteiger partial charge in [0.25, 0.3) is 0 Å². The minimum atomic E-state index is -0.729. The topological polar surface area (TPSA) is 64.4 Å². The minimum absolute atomic E-state index is 0.217. The van der Waals surface area contributed by atoms with Crippen molar-refractivity contribution in [2.45, 2.75) is 65.0 Å². The summed E-state index contributed by atoms with van der Waals surface area (Å²) in [6.07, 6.45) is 5.80. The molecule has 0 spiro atoms. The third-order valence-electron chi connectivity index (χ3n) is 7.23. The van der Waals surface area contributed by atoms with Crippen LogP contribution >= 0.6 is 0 Å². The van der Waals surface area contributed by atoms with Crippen molar-refractivity contribution in [3.05, 3.63) is 65.6 Å². The number of hydrogen-bond donors (Lipinski definition) is 1. The Balaban J connectivity index is 1.62. The van der Waals surface area contributed by atoms with Crippen LogP contribution in [-0.2, 0) is 22.5 Å². The molecule has 3 aromatic rings. The van der Waals surface area contributed by atoms with Crippen LogP contribution in [0.1, 0.15) is 50.3 Å². The molecule has 5 nitrogen and oxygen atoms in total. The number of aromatic nitrogens is 2. The van der Waals surface area contributed by atoms with Gasteiger partial charge in [0, 0.05) is 17.7 Å². The molecule has 1 aliphatic carbocycles. The molecule has 4 rings (SSSR count). The summed E-state index contributed by atoms with van der Waals surface area (Å²) >= 11 is 0. The van der Waals surface area contributed by atoms with E-state index in [-0.39, 0.29) is 12.4 Å². The molecule has 0 saturated heterocycles. The summed E-state index contributed by atoms with van der Waals surface area (Å²) in [5.74, 6) is 0.606. The normalized spacial score (nSPS) is 18.8. The van der Waals surface area contributed by atoms with Gasteiger partial charge in [-0.15, -0.1) is 0 Å². The smallest absolute Gasteiger partial charge is 0.151 e. The highest BCUT2D eigenvalue weighted by Crippen LogP contribution is 2.39. The number of halogens is 1. The Labute approximate surface area is 213 Å². The van der Waals surface area contributed by atoms with Crippen molar-refractivity contribution in [2.75, 3.05) is 13.2 Å². The molecule has 1 aliphatic rings. The second kappa shape index (κ2) is 12.4. The number of aliphatic hydroxyl groups is 1. The number of ether oxygens (including phenoxy) is 1. The summed E-state index contributed by atoms with van der Waals surface area (Å²) in [6.45, 7) is 5.02. The van der Waals surface area contributed by atoms with Gasteiger partial charge in [-0.2, -0.15) is 5.10 Å². The highest BCUT2D eigenvalue weighted by molar-refractivity contribution is 5.83. The van der Waals surface area contributed by atoms with Crippen LogP contribution in [0.5, 0.6) is 0 Å². The van der Waals surface area contributed by atoms with Crippen LogP contribution < -0.4 is 0 Å². The van der Waals surface area contributed by atoms with E-state index in [1.54, 1.807) is 6.07 Å². The van der Waals surface area contributed by atoms with Crippen LogP contribution in [0.25, 0.3) is 22.4 Å². The summed E-state index contributed by atoms with van der Waals surface area (Å²) in [5, 5.41) is 14.2. The lowest BCUT2D eigenvalue weighted by atomic mass is 9.82. The molecular weight excluding hydrogens is 455 g/mol. The number of rotatable bonds is 11. The Morgan fingerprint density at radius 1 is 1.14 bits per heavy atom. The van der Waals surface area contributed by atoms with Crippen LogP contribution in [0.4, 0.5) is 4.39 Å². The molecule has 0 aliphatic heterocycles. The number of carbonyl (C=O) groups excluding carboxylic acids is 1. The fraction of sp³-hybridized carbons (Fsp3) is 0.467. The molecule has 192 valence electrons. The first kappa shape index (κ1) is 26.2. The zero-order valence-electron chi connectivity index (χ0n) is 21.3. The van der Waals surface area contributed by atoms with Crippen LogP contribution in [0, 0.1) is 24.6 Å². The number of aryl methyl sites for hydroxylation is 2. The number of carbonyl (C=O) groups is 1. The molecule has 1 fully saturated rings. The molecule has 1 saturated carbocycles. The number of benzene rings is 2. The molecular formula is C30H37FN2O3. The van der Waals surface area contributed by atoms with E-state index in [1.807, 2.05) is 37.3 Å². The van der Waals surface area contributed by atoms with E-state index >= 15 is 4.39 Å². The van der Waals surface area contributed by atoms with Gasteiger partial charge in [0.1, 0.15) is 11.9 Å². The zero-order valence-corrected chi connectivity index (χ0v) is 21.3. The molecule has 0 amide bonds. The monoisotopic (exact) mass is 492 g/mol. The van der Waals surface area contributed by atoms with Gasteiger partial charge in [0.05, 0.1) is 24.6 Å². The van der Waals surface area contributed by atoms with Gasteiger partial charge in [0.2, 0.25) is 0 Å². The number of hydrogen-bond acceptors (Lipinski definition) is 4. The first-order valence-electron chi connectivity index (χ1n) is 13.1. The van der Waals surface area contributed by atoms with Crippen molar-refractivity contribution in [1.29, 1.82) is 0 Å².